The van der Waals surface area contributed by atoms with Crippen LogP contribution in [0.2, 0.25) is 0 Å². The summed E-state index contributed by atoms with van der Waals surface area (Å²) < 4.78 is 30.4. The van der Waals surface area contributed by atoms with Gasteiger partial charge in [0.25, 0.3) is 0 Å². The number of hydrogen-bond donors (Lipinski definition) is 0. The molecule has 3 atom stereocenters. The predicted molar refractivity (Wildman–Crippen MR) is 79.6 cm³/mol. The Morgan fingerprint density at radius 3 is 2.26 bits per heavy atom. The second-order valence-electron chi connectivity index (χ2n) is 6.27. The van der Waals surface area contributed by atoms with Crippen LogP contribution in [-0.2, 0) is 14.6 Å². The standard InChI is InChI=1S/C13H21NO3S2/c1-7-8(2)19(15,16)12-9(17-6)11(18)14(12)10(7)13(3,4)5/h8-9,12H,1-6H3/t8?,9-,12+/m0/s1. The summed E-state index contributed by atoms with van der Waals surface area (Å²) in [5, 5.41) is -1.14. The number of methoxy groups -OCH3 is 1. The second kappa shape index (κ2) is 4.27. The maximum Gasteiger partial charge on any atom is 0.181 e. The van der Waals surface area contributed by atoms with Crippen LogP contribution in [0.1, 0.15) is 34.6 Å². The summed E-state index contributed by atoms with van der Waals surface area (Å²) in [5.74, 6) is 0. The Kier molecular flexibility index (Phi) is 3.35. The van der Waals surface area contributed by atoms with Gasteiger partial charge in [-0.3, -0.25) is 0 Å². The number of allylic oxidation sites excluding steroid dienone is 1. The molecule has 4 nitrogen and oxygen atoms in total. The molecule has 6 heteroatoms. The number of nitrogens with zero attached hydrogens (tertiary/aromatic N) is 1. The first-order chi connectivity index (χ1) is 8.55. The summed E-state index contributed by atoms with van der Waals surface area (Å²) in [6.07, 6.45) is -0.493. The molecule has 0 saturated carbocycles. The molecule has 0 aromatic heterocycles. The zero-order valence-electron chi connectivity index (χ0n) is 12.2. The second-order valence-corrected chi connectivity index (χ2v) is 9.05. The third kappa shape index (κ3) is 1.87. The third-order valence-electron chi connectivity index (χ3n) is 4.01. The molecule has 1 unspecified atom stereocenters. The van der Waals surface area contributed by atoms with E-state index in [0.29, 0.717) is 4.99 Å². The molecule has 0 bridgehead atoms. The van der Waals surface area contributed by atoms with Crippen molar-refractivity contribution in [3.8, 4) is 0 Å². The molecule has 0 radical (unpaired) electrons. The van der Waals surface area contributed by atoms with Crippen molar-refractivity contribution in [1.82, 2.24) is 4.90 Å². The minimum absolute atomic E-state index is 0.144. The van der Waals surface area contributed by atoms with E-state index < -0.39 is 26.6 Å². The van der Waals surface area contributed by atoms with E-state index in [0.717, 1.165) is 11.3 Å². The van der Waals surface area contributed by atoms with Crippen molar-refractivity contribution in [1.29, 1.82) is 0 Å². The van der Waals surface area contributed by atoms with Crippen molar-refractivity contribution in [2.45, 2.75) is 51.3 Å². The average molecular weight is 303 g/mol. The summed E-state index contributed by atoms with van der Waals surface area (Å²) in [5.41, 5.74) is 1.77. The van der Waals surface area contributed by atoms with E-state index in [-0.39, 0.29) is 5.41 Å². The molecule has 2 heterocycles. The Bertz CT molecular complexity index is 557. The summed E-state index contributed by atoms with van der Waals surface area (Å²) in [6.45, 7) is 9.88. The maximum absolute atomic E-state index is 12.6. The van der Waals surface area contributed by atoms with Crippen LogP contribution in [0.15, 0.2) is 11.3 Å². The molecule has 0 aromatic carbocycles. The lowest BCUT2D eigenvalue weighted by molar-refractivity contribution is 0.0671. The lowest BCUT2D eigenvalue weighted by atomic mass is 9.85. The van der Waals surface area contributed by atoms with Gasteiger partial charge in [-0.15, -0.1) is 0 Å². The van der Waals surface area contributed by atoms with Gasteiger partial charge in [-0.05, 0) is 19.4 Å². The van der Waals surface area contributed by atoms with Crippen LogP contribution in [0.5, 0.6) is 0 Å². The molecule has 2 rings (SSSR count). The molecule has 19 heavy (non-hydrogen) atoms. The van der Waals surface area contributed by atoms with E-state index in [4.69, 9.17) is 17.0 Å². The van der Waals surface area contributed by atoms with E-state index in [1.165, 1.54) is 7.11 Å². The molecule has 1 saturated heterocycles. The highest BCUT2D eigenvalue weighted by atomic mass is 32.2. The lowest BCUT2D eigenvalue weighted by Gasteiger charge is -2.55. The average Bonchev–Trinajstić information content (AvgIpc) is 2.27. The molecule has 108 valence electrons. The van der Waals surface area contributed by atoms with Gasteiger partial charge in [-0.2, -0.15) is 0 Å². The Labute approximate surface area is 120 Å². The van der Waals surface area contributed by atoms with Crippen LogP contribution in [0.3, 0.4) is 0 Å². The topological polar surface area (TPSA) is 46.6 Å². The Hall–Kier alpha value is -0.460. The Balaban J connectivity index is 2.64. The zero-order chi connectivity index (χ0) is 14.7. The fourth-order valence-corrected chi connectivity index (χ4v) is 5.71. The van der Waals surface area contributed by atoms with Gasteiger partial charge in [-0.25, -0.2) is 8.42 Å². The van der Waals surface area contributed by atoms with Gasteiger partial charge in [0.1, 0.15) is 11.1 Å². The van der Waals surface area contributed by atoms with Crippen molar-refractivity contribution in [2.24, 2.45) is 5.41 Å². The highest BCUT2D eigenvalue weighted by molar-refractivity contribution is 7.93. The normalized spacial score (nSPS) is 34.1. The molecule has 0 aromatic rings. The van der Waals surface area contributed by atoms with Crippen molar-refractivity contribution in [3.05, 3.63) is 11.3 Å². The summed E-state index contributed by atoms with van der Waals surface area (Å²) in [7, 11) is -1.77. The van der Waals surface area contributed by atoms with E-state index in [1.807, 2.05) is 6.92 Å². The fourth-order valence-electron chi connectivity index (χ4n) is 3.00. The number of hydrogen-bond acceptors (Lipinski definition) is 4. The molecule has 0 N–H and O–H groups in total. The van der Waals surface area contributed by atoms with Gasteiger partial charge in [-0.1, -0.05) is 33.0 Å². The fraction of sp³-hybridized carbons (Fsp3) is 0.769. The molecule has 0 aliphatic carbocycles. The molecule has 2 aliphatic heterocycles. The molecule has 0 spiro atoms. The quantitative estimate of drug-likeness (QED) is 0.694. The monoisotopic (exact) mass is 303 g/mol. The van der Waals surface area contributed by atoms with Crippen molar-refractivity contribution in [2.75, 3.05) is 7.11 Å². The van der Waals surface area contributed by atoms with E-state index in [2.05, 4.69) is 20.8 Å². The summed E-state index contributed by atoms with van der Waals surface area (Å²) in [6, 6.07) is 0. The Morgan fingerprint density at radius 1 is 1.32 bits per heavy atom. The summed E-state index contributed by atoms with van der Waals surface area (Å²) >= 11 is 5.34. The van der Waals surface area contributed by atoms with E-state index in [9.17, 15) is 8.42 Å². The van der Waals surface area contributed by atoms with E-state index >= 15 is 0 Å². The molecule has 2 aliphatic rings. The van der Waals surface area contributed by atoms with Crippen LogP contribution in [-0.4, -0.2) is 42.1 Å². The van der Waals surface area contributed by atoms with Crippen molar-refractivity contribution in [3.63, 3.8) is 0 Å². The first-order valence-electron chi connectivity index (χ1n) is 6.35. The number of rotatable bonds is 1. The smallest absolute Gasteiger partial charge is 0.181 e. The van der Waals surface area contributed by atoms with Gasteiger partial charge < -0.3 is 9.64 Å². The molecule has 0 amide bonds. The molecular formula is C13H21NO3S2. The van der Waals surface area contributed by atoms with Crippen LogP contribution in [0.4, 0.5) is 0 Å². The number of ether oxygens (including phenoxy) is 1. The largest absolute Gasteiger partial charge is 0.371 e. The Morgan fingerprint density at radius 2 is 1.84 bits per heavy atom. The number of sulfone groups is 1. The van der Waals surface area contributed by atoms with Crippen molar-refractivity contribution < 1.29 is 13.2 Å². The van der Waals surface area contributed by atoms with Crippen molar-refractivity contribution >= 4 is 27.0 Å². The number of thiocarbonyl (C=S) groups is 1. The van der Waals surface area contributed by atoms with Crippen LogP contribution in [0.25, 0.3) is 0 Å². The highest BCUT2D eigenvalue weighted by Crippen LogP contribution is 2.47. The van der Waals surface area contributed by atoms with Gasteiger partial charge in [0, 0.05) is 18.2 Å². The number of fused-ring (bicyclic) bond motifs is 1. The first kappa shape index (κ1) is 14.9. The molecular weight excluding hydrogens is 282 g/mol. The first-order valence-corrected chi connectivity index (χ1v) is 8.36. The lowest BCUT2D eigenvalue weighted by Crippen LogP contribution is -2.71. The minimum atomic E-state index is -3.28. The van der Waals surface area contributed by atoms with Crippen LogP contribution in [0, 0.1) is 5.41 Å². The van der Waals surface area contributed by atoms with E-state index in [1.54, 1.807) is 11.8 Å². The minimum Gasteiger partial charge on any atom is -0.371 e. The predicted octanol–water partition coefficient (Wildman–Crippen LogP) is 2.11. The zero-order valence-corrected chi connectivity index (χ0v) is 13.9. The van der Waals surface area contributed by atoms with Gasteiger partial charge in [0.05, 0.1) is 5.25 Å². The highest BCUT2D eigenvalue weighted by Gasteiger charge is 2.59. The van der Waals surface area contributed by atoms with Gasteiger partial charge >= 0.3 is 0 Å². The molecule has 1 fully saturated rings. The van der Waals surface area contributed by atoms with Crippen LogP contribution < -0.4 is 0 Å². The van der Waals surface area contributed by atoms with Gasteiger partial charge in [0.15, 0.2) is 15.2 Å². The SMILES string of the molecule is CO[C@H]1C(=S)N2C(C(C)(C)C)=C(C)C(C)S(=O)(=O)[C@H]12. The third-order valence-corrected chi connectivity index (χ3v) is 6.91. The van der Waals surface area contributed by atoms with Gasteiger partial charge in [0.2, 0.25) is 0 Å². The maximum atomic E-state index is 12.6. The van der Waals surface area contributed by atoms with Crippen LogP contribution >= 0.6 is 12.2 Å². The summed E-state index contributed by atoms with van der Waals surface area (Å²) in [4.78, 5) is 2.36.